The Morgan fingerprint density at radius 3 is 2.24 bits per heavy atom. The van der Waals surface area contributed by atoms with Gasteiger partial charge in [0.15, 0.2) is 0 Å². The van der Waals surface area contributed by atoms with Crippen LogP contribution in [-0.4, -0.2) is 47.5 Å². The van der Waals surface area contributed by atoms with Gasteiger partial charge in [-0.1, -0.05) is 25.1 Å². The summed E-state index contributed by atoms with van der Waals surface area (Å²) < 4.78 is 5.44. The molecule has 0 saturated carbocycles. The standard InChI is InChI=1S/C30H40N4O4/c1-6-27(35)34-20(2)19-25(24-9-7-8-10-26(24)34)31-22-11-13-23(14-12-22)32-28(36)21-15-17-33(18-16-21)29(37)38-30(3,4)5/h7-14,20-21,25,31H,6,15-19H2,1-5H3,(H,32,36)/t20-,25+/m0/s1. The summed E-state index contributed by atoms with van der Waals surface area (Å²) in [5.74, 6) is -0.0234. The molecule has 2 atom stereocenters. The van der Waals surface area contributed by atoms with Gasteiger partial charge in [-0.3, -0.25) is 9.59 Å². The lowest BCUT2D eigenvalue weighted by atomic mass is 9.91. The third kappa shape index (κ3) is 6.47. The molecule has 0 spiro atoms. The molecule has 2 N–H and O–H groups in total. The highest BCUT2D eigenvalue weighted by Crippen LogP contribution is 2.39. The van der Waals surface area contributed by atoms with E-state index in [1.54, 1.807) is 4.90 Å². The van der Waals surface area contributed by atoms with Crippen LogP contribution in [0.25, 0.3) is 0 Å². The van der Waals surface area contributed by atoms with Crippen LogP contribution in [0.1, 0.15) is 71.9 Å². The van der Waals surface area contributed by atoms with Crippen LogP contribution in [0.15, 0.2) is 48.5 Å². The summed E-state index contributed by atoms with van der Waals surface area (Å²) >= 11 is 0. The van der Waals surface area contributed by atoms with Gasteiger partial charge in [0.1, 0.15) is 5.60 Å². The molecular weight excluding hydrogens is 480 g/mol. The molecular formula is C30H40N4O4. The molecule has 2 aliphatic rings. The van der Waals surface area contributed by atoms with Crippen molar-refractivity contribution in [1.82, 2.24) is 4.90 Å². The van der Waals surface area contributed by atoms with E-state index in [4.69, 9.17) is 4.74 Å². The molecule has 0 bridgehead atoms. The van der Waals surface area contributed by atoms with Gasteiger partial charge in [0.2, 0.25) is 11.8 Å². The number of hydrogen-bond donors (Lipinski definition) is 2. The molecule has 1 fully saturated rings. The number of likely N-dealkylation sites (tertiary alicyclic amines) is 1. The molecule has 2 heterocycles. The first-order valence-corrected chi connectivity index (χ1v) is 13.6. The normalized spacial score (nSPS) is 19.9. The van der Waals surface area contributed by atoms with Crippen LogP contribution >= 0.6 is 0 Å². The van der Waals surface area contributed by atoms with Crippen LogP contribution in [0.5, 0.6) is 0 Å². The molecule has 38 heavy (non-hydrogen) atoms. The Morgan fingerprint density at radius 2 is 1.61 bits per heavy atom. The third-order valence-corrected chi connectivity index (χ3v) is 7.17. The van der Waals surface area contributed by atoms with Crippen molar-refractivity contribution < 1.29 is 19.1 Å². The fraction of sp³-hybridized carbons (Fsp3) is 0.500. The average Bonchev–Trinajstić information content (AvgIpc) is 2.88. The lowest BCUT2D eigenvalue weighted by Gasteiger charge is -2.40. The first-order valence-electron chi connectivity index (χ1n) is 13.6. The number of nitrogens with zero attached hydrogens (tertiary/aromatic N) is 2. The summed E-state index contributed by atoms with van der Waals surface area (Å²) in [5.41, 5.74) is 3.25. The van der Waals surface area contributed by atoms with Crippen LogP contribution in [0.3, 0.4) is 0 Å². The van der Waals surface area contributed by atoms with Crippen molar-refractivity contribution in [3.8, 4) is 0 Å². The molecule has 0 unspecified atom stereocenters. The van der Waals surface area contributed by atoms with Gasteiger partial charge >= 0.3 is 6.09 Å². The summed E-state index contributed by atoms with van der Waals surface area (Å²) in [6, 6.07) is 16.0. The highest BCUT2D eigenvalue weighted by Gasteiger charge is 2.33. The van der Waals surface area contributed by atoms with E-state index in [1.807, 2.05) is 75.1 Å². The monoisotopic (exact) mass is 520 g/mol. The van der Waals surface area contributed by atoms with Gasteiger partial charge in [0.05, 0.1) is 6.04 Å². The molecule has 2 aliphatic heterocycles. The number of ether oxygens (including phenoxy) is 1. The summed E-state index contributed by atoms with van der Waals surface area (Å²) in [6.07, 6.45) is 2.19. The molecule has 0 aliphatic carbocycles. The molecule has 204 valence electrons. The van der Waals surface area contributed by atoms with E-state index in [-0.39, 0.29) is 35.9 Å². The Bertz CT molecular complexity index is 1150. The molecule has 0 radical (unpaired) electrons. The quantitative estimate of drug-likeness (QED) is 0.508. The summed E-state index contributed by atoms with van der Waals surface area (Å²) in [5, 5.41) is 6.65. The Balaban J connectivity index is 1.33. The molecule has 8 nitrogen and oxygen atoms in total. The van der Waals surface area contributed by atoms with Crippen molar-refractivity contribution in [3.05, 3.63) is 54.1 Å². The van der Waals surface area contributed by atoms with E-state index in [2.05, 4.69) is 23.6 Å². The van der Waals surface area contributed by atoms with E-state index < -0.39 is 5.60 Å². The molecule has 2 aromatic carbocycles. The number of amides is 3. The van der Waals surface area contributed by atoms with Gasteiger partial charge in [0.25, 0.3) is 0 Å². The van der Waals surface area contributed by atoms with Crippen molar-refractivity contribution in [3.63, 3.8) is 0 Å². The second-order valence-electron chi connectivity index (χ2n) is 11.3. The minimum Gasteiger partial charge on any atom is -0.444 e. The highest BCUT2D eigenvalue weighted by atomic mass is 16.6. The van der Waals surface area contributed by atoms with Gasteiger partial charge in [0, 0.05) is 48.5 Å². The van der Waals surface area contributed by atoms with E-state index in [9.17, 15) is 14.4 Å². The zero-order valence-electron chi connectivity index (χ0n) is 23.1. The minimum absolute atomic E-state index is 0.0229. The van der Waals surface area contributed by atoms with E-state index in [1.165, 1.54) is 0 Å². The molecule has 0 aromatic heterocycles. The van der Waals surface area contributed by atoms with Crippen LogP contribution < -0.4 is 15.5 Å². The smallest absolute Gasteiger partial charge is 0.410 e. The van der Waals surface area contributed by atoms with E-state index in [0.717, 1.165) is 29.0 Å². The number of piperidine rings is 1. The van der Waals surface area contributed by atoms with Crippen LogP contribution in [0.2, 0.25) is 0 Å². The maximum Gasteiger partial charge on any atom is 0.410 e. The first kappa shape index (κ1) is 27.5. The number of carbonyl (C=O) groups is 3. The Labute approximate surface area is 225 Å². The number of hydrogen-bond acceptors (Lipinski definition) is 5. The van der Waals surface area contributed by atoms with Crippen LogP contribution in [0, 0.1) is 5.92 Å². The second kappa shape index (κ2) is 11.5. The maximum atomic E-state index is 12.9. The molecule has 2 aromatic rings. The molecule has 1 saturated heterocycles. The predicted octanol–water partition coefficient (Wildman–Crippen LogP) is 5.96. The number of para-hydroxylation sites is 1. The van der Waals surface area contributed by atoms with Crippen molar-refractivity contribution in [2.24, 2.45) is 5.92 Å². The van der Waals surface area contributed by atoms with Gasteiger partial charge in [-0.05, 0) is 82.9 Å². The second-order valence-corrected chi connectivity index (χ2v) is 11.3. The molecule has 4 rings (SSSR count). The fourth-order valence-electron chi connectivity index (χ4n) is 5.25. The van der Waals surface area contributed by atoms with Crippen molar-refractivity contribution in [2.75, 3.05) is 28.6 Å². The van der Waals surface area contributed by atoms with Crippen LogP contribution in [0.4, 0.5) is 21.9 Å². The molecule has 8 heteroatoms. The van der Waals surface area contributed by atoms with Gasteiger partial charge in [-0.15, -0.1) is 0 Å². The van der Waals surface area contributed by atoms with E-state index >= 15 is 0 Å². The zero-order valence-corrected chi connectivity index (χ0v) is 23.1. The Hall–Kier alpha value is -3.55. The topological polar surface area (TPSA) is 91.0 Å². The largest absolute Gasteiger partial charge is 0.444 e. The minimum atomic E-state index is -0.528. The first-order chi connectivity index (χ1) is 18.1. The average molecular weight is 521 g/mol. The third-order valence-electron chi connectivity index (χ3n) is 7.17. The maximum absolute atomic E-state index is 12.9. The number of fused-ring (bicyclic) bond motifs is 1. The van der Waals surface area contributed by atoms with Crippen molar-refractivity contribution in [2.45, 2.75) is 78.0 Å². The Morgan fingerprint density at radius 1 is 0.974 bits per heavy atom. The number of nitrogens with one attached hydrogen (secondary N) is 2. The number of benzene rings is 2. The zero-order chi connectivity index (χ0) is 27.4. The Kier molecular flexibility index (Phi) is 8.29. The van der Waals surface area contributed by atoms with Crippen molar-refractivity contribution in [1.29, 1.82) is 0 Å². The lowest BCUT2D eigenvalue weighted by Crippen LogP contribution is -2.44. The SMILES string of the molecule is CCC(=O)N1c2ccccc2[C@H](Nc2ccc(NC(=O)C3CCN(C(=O)OC(C)(C)C)CC3)cc2)C[C@@H]1C. The number of carbonyl (C=O) groups excluding carboxylic acids is 3. The van der Waals surface area contributed by atoms with Crippen LogP contribution in [-0.2, 0) is 14.3 Å². The predicted molar refractivity (Wildman–Crippen MR) is 150 cm³/mol. The molecule has 3 amide bonds. The summed E-state index contributed by atoms with van der Waals surface area (Å²) in [6.45, 7) is 10.6. The van der Waals surface area contributed by atoms with Gasteiger partial charge in [-0.25, -0.2) is 4.79 Å². The van der Waals surface area contributed by atoms with Gasteiger partial charge in [-0.2, -0.15) is 0 Å². The van der Waals surface area contributed by atoms with E-state index in [0.29, 0.717) is 32.4 Å². The summed E-state index contributed by atoms with van der Waals surface area (Å²) in [7, 11) is 0. The number of rotatable bonds is 5. The highest BCUT2D eigenvalue weighted by molar-refractivity contribution is 5.95. The summed E-state index contributed by atoms with van der Waals surface area (Å²) in [4.78, 5) is 41.3. The fourth-order valence-corrected chi connectivity index (χ4v) is 5.25. The van der Waals surface area contributed by atoms with Gasteiger partial charge < -0.3 is 25.2 Å². The lowest BCUT2D eigenvalue weighted by molar-refractivity contribution is -0.121. The van der Waals surface area contributed by atoms with Crippen molar-refractivity contribution >= 4 is 35.0 Å². The number of anilines is 3.